The van der Waals surface area contributed by atoms with Crippen molar-refractivity contribution in [2.45, 2.75) is 39.5 Å². The number of halogens is 1. The molecule has 19 heavy (non-hydrogen) atoms. The Labute approximate surface area is 121 Å². The van der Waals surface area contributed by atoms with Gasteiger partial charge in [0.25, 0.3) is 0 Å². The normalized spacial score (nSPS) is 10.3. The van der Waals surface area contributed by atoms with Gasteiger partial charge in [-0.3, -0.25) is 4.98 Å². The smallest absolute Gasteiger partial charge is 0.0592 e. The van der Waals surface area contributed by atoms with Crippen LogP contribution in [0.2, 0.25) is 5.02 Å². The molecule has 0 fully saturated rings. The second-order valence-corrected chi connectivity index (χ2v) is 5.59. The van der Waals surface area contributed by atoms with Gasteiger partial charge in [0.2, 0.25) is 0 Å². The number of aromatic nitrogens is 1. The van der Waals surface area contributed by atoms with Crippen molar-refractivity contribution in [2.75, 3.05) is 0 Å². The predicted octanol–water partition coefficient (Wildman–Crippen LogP) is 5.67. The maximum Gasteiger partial charge on any atom is 0.0592 e. The lowest BCUT2D eigenvalue weighted by molar-refractivity contribution is 0.858. The third-order valence-corrected chi connectivity index (χ3v) is 3.07. The van der Waals surface area contributed by atoms with E-state index in [1.165, 1.54) is 11.1 Å². The minimum Gasteiger partial charge on any atom is -0.263 e. The molecule has 0 aliphatic carbocycles. The highest BCUT2D eigenvalue weighted by Gasteiger charge is 1.98. The van der Waals surface area contributed by atoms with Gasteiger partial charge in [-0.15, -0.1) is 0 Å². The molecule has 0 radical (unpaired) electrons. The van der Waals surface area contributed by atoms with Crippen molar-refractivity contribution in [3.8, 4) is 0 Å². The number of hydrogen-bond donors (Lipinski definition) is 0. The molecule has 0 atom stereocenters. The fourth-order valence-electron chi connectivity index (χ4n) is 1.58. The monoisotopic (exact) mass is 275 g/mol. The first-order valence-electron chi connectivity index (χ1n) is 6.66. The van der Waals surface area contributed by atoms with E-state index in [-0.39, 0.29) is 0 Å². The Balaban J connectivity index is 0.000000191. The first kappa shape index (κ1) is 15.7. The minimum atomic E-state index is 0.506. The number of nitrogens with zero attached hydrogens (tertiary/aromatic N) is 1. The van der Waals surface area contributed by atoms with E-state index in [1.807, 2.05) is 18.3 Å². The van der Waals surface area contributed by atoms with Crippen LogP contribution >= 0.6 is 11.6 Å². The molecule has 0 aliphatic heterocycles. The van der Waals surface area contributed by atoms with Crippen molar-refractivity contribution in [3.05, 3.63) is 64.9 Å². The van der Waals surface area contributed by atoms with Gasteiger partial charge in [0.05, 0.1) is 5.02 Å². The maximum atomic E-state index is 5.73. The molecule has 1 aromatic heterocycles. The van der Waals surface area contributed by atoms with Crippen LogP contribution in [-0.4, -0.2) is 4.98 Å². The Morgan fingerprint density at radius 2 is 1.42 bits per heavy atom. The van der Waals surface area contributed by atoms with Gasteiger partial charge in [-0.2, -0.15) is 0 Å². The molecule has 1 heterocycles. The molecule has 2 heteroatoms. The van der Waals surface area contributed by atoms with Crippen LogP contribution < -0.4 is 0 Å². The van der Waals surface area contributed by atoms with Crippen LogP contribution in [-0.2, 0) is 0 Å². The van der Waals surface area contributed by atoms with Gasteiger partial charge in [0.15, 0.2) is 0 Å². The van der Waals surface area contributed by atoms with Crippen LogP contribution in [0.1, 0.15) is 50.7 Å². The predicted molar refractivity (Wildman–Crippen MR) is 83.9 cm³/mol. The summed E-state index contributed by atoms with van der Waals surface area (Å²) in [5.74, 6) is 1.16. The molecule has 2 rings (SSSR count). The lowest BCUT2D eigenvalue weighted by Gasteiger charge is -2.02. The first-order chi connectivity index (χ1) is 9.00. The Morgan fingerprint density at radius 3 is 1.79 bits per heavy atom. The highest BCUT2D eigenvalue weighted by molar-refractivity contribution is 6.30. The summed E-state index contributed by atoms with van der Waals surface area (Å²) in [4.78, 5) is 3.97. The molecule has 0 spiro atoms. The van der Waals surface area contributed by atoms with Gasteiger partial charge < -0.3 is 0 Å². The molecule has 1 aromatic carbocycles. The van der Waals surface area contributed by atoms with E-state index in [9.17, 15) is 0 Å². The van der Waals surface area contributed by atoms with Gasteiger partial charge in [-0.05, 0) is 29.0 Å². The van der Waals surface area contributed by atoms with Crippen LogP contribution in [0.15, 0.2) is 48.8 Å². The summed E-state index contributed by atoms with van der Waals surface area (Å²) < 4.78 is 0. The molecular formula is C17H22ClN. The minimum absolute atomic E-state index is 0.506. The fourth-order valence-corrected chi connectivity index (χ4v) is 1.76. The Morgan fingerprint density at radius 1 is 0.842 bits per heavy atom. The SMILES string of the molecule is CC(C)c1ccccc1.CC(C)c1cncc(Cl)c1. The topological polar surface area (TPSA) is 12.9 Å². The molecular weight excluding hydrogens is 254 g/mol. The largest absolute Gasteiger partial charge is 0.263 e. The number of pyridine rings is 1. The summed E-state index contributed by atoms with van der Waals surface area (Å²) in [6.07, 6.45) is 3.49. The first-order valence-corrected chi connectivity index (χ1v) is 7.04. The molecule has 102 valence electrons. The summed E-state index contributed by atoms with van der Waals surface area (Å²) in [6, 6.07) is 12.5. The summed E-state index contributed by atoms with van der Waals surface area (Å²) in [5, 5.41) is 0.714. The maximum absolute atomic E-state index is 5.73. The van der Waals surface area contributed by atoms with Crippen molar-refractivity contribution in [3.63, 3.8) is 0 Å². The molecule has 0 amide bonds. The second kappa shape index (κ2) is 7.96. The van der Waals surface area contributed by atoms with E-state index in [0.717, 1.165) is 0 Å². The standard InChI is InChI=1S/C9H12.C8H10ClN/c1-8(2)9-6-4-3-5-7-9;1-6(2)7-3-8(9)5-10-4-7/h3-8H,1-2H3;3-6H,1-2H3. The van der Waals surface area contributed by atoms with Crippen molar-refractivity contribution >= 4 is 11.6 Å². The highest BCUT2D eigenvalue weighted by Crippen LogP contribution is 2.16. The highest BCUT2D eigenvalue weighted by atomic mass is 35.5. The van der Waals surface area contributed by atoms with Gasteiger partial charge in [0.1, 0.15) is 0 Å². The second-order valence-electron chi connectivity index (χ2n) is 5.16. The van der Waals surface area contributed by atoms with Crippen LogP contribution in [0.4, 0.5) is 0 Å². The van der Waals surface area contributed by atoms with E-state index in [0.29, 0.717) is 16.9 Å². The van der Waals surface area contributed by atoms with Crippen LogP contribution in [0, 0.1) is 0 Å². The Kier molecular flexibility index (Phi) is 6.58. The summed E-state index contributed by atoms with van der Waals surface area (Å²) in [6.45, 7) is 8.64. The van der Waals surface area contributed by atoms with E-state index in [1.54, 1.807) is 6.20 Å². The number of benzene rings is 1. The molecule has 0 unspecified atom stereocenters. The van der Waals surface area contributed by atoms with E-state index >= 15 is 0 Å². The lowest BCUT2D eigenvalue weighted by Crippen LogP contribution is -1.87. The molecule has 0 saturated carbocycles. The Bertz CT molecular complexity index is 478. The molecule has 2 aromatic rings. The molecule has 0 N–H and O–H groups in total. The molecule has 0 saturated heterocycles. The van der Waals surface area contributed by atoms with Crippen LogP contribution in [0.5, 0.6) is 0 Å². The van der Waals surface area contributed by atoms with Gasteiger partial charge in [0, 0.05) is 12.4 Å². The van der Waals surface area contributed by atoms with Crippen molar-refractivity contribution in [1.82, 2.24) is 4.98 Å². The zero-order chi connectivity index (χ0) is 14.3. The fraction of sp³-hybridized carbons (Fsp3) is 0.353. The van der Waals surface area contributed by atoms with Gasteiger partial charge in [-0.25, -0.2) is 0 Å². The zero-order valence-corrected chi connectivity index (χ0v) is 12.9. The third kappa shape index (κ3) is 5.89. The molecule has 1 nitrogen and oxygen atoms in total. The Hall–Kier alpha value is -1.34. The van der Waals surface area contributed by atoms with Crippen molar-refractivity contribution in [1.29, 1.82) is 0 Å². The van der Waals surface area contributed by atoms with Crippen molar-refractivity contribution < 1.29 is 0 Å². The average Bonchev–Trinajstić information content (AvgIpc) is 2.40. The van der Waals surface area contributed by atoms with E-state index in [4.69, 9.17) is 11.6 Å². The summed E-state index contributed by atoms with van der Waals surface area (Å²) in [7, 11) is 0. The zero-order valence-electron chi connectivity index (χ0n) is 12.1. The lowest BCUT2D eigenvalue weighted by atomic mass is 10.0. The van der Waals surface area contributed by atoms with Crippen molar-refractivity contribution in [2.24, 2.45) is 0 Å². The van der Waals surface area contributed by atoms with Crippen LogP contribution in [0.3, 0.4) is 0 Å². The van der Waals surface area contributed by atoms with Gasteiger partial charge in [-0.1, -0.05) is 69.6 Å². The third-order valence-electron chi connectivity index (χ3n) is 2.86. The average molecular weight is 276 g/mol. The quantitative estimate of drug-likeness (QED) is 0.688. The summed E-state index contributed by atoms with van der Waals surface area (Å²) >= 11 is 5.73. The van der Waals surface area contributed by atoms with Gasteiger partial charge >= 0.3 is 0 Å². The number of hydrogen-bond acceptors (Lipinski definition) is 1. The number of rotatable bonds is 2. The molecule has 0 bridgehead atoms. The van der Waals surface area contributed by atoms with E-state index in [2.05, 4.69) is 56.9 Å². The van der Waals surface area contributed by atoms with Crippen LogP contribution in [0.25, 0.3) is 0 Å². The molecule has 0 aliphatic rings. The summed E-state index contributed by atoms with van der Waals surface area (Å²) in [5.41, 5.74) is 2.60. The van der Waals surface area contributed by atoms with E-state index < -0.39 is 0 Å².